The summed E-state index contributed by atoms with van der Waals surface area (Å²) in [6.07, 6.45) is 6.50. The maximum atomic E-state index is 10.2. The molecule has 26 heavy (non-hydrogen) atoms. The van der Waals surface area contributed by atoms with E-state index in [1.165, 1.54) is 24.1 Å². The van der Waals surface area contributed by atoms with Gasteiger partial charge in [0.2, 0.25) is 5.88 Å². The van der Waals surface area contributed by atoms with Crippen molar-refractivity contribution in [2.24, 2.45) is 0 Å². The molecule has 0 saturated heterocycles. The van der Waals surface area contributed by atoms with Crippen LogP contribution in [0.5, 0.6) is 5.88 Å². The van der Waals surface area contributed by atoms with Crippen LogP contribution in [-0.4, -0.2) is 64.9 Å². The second kappa shape index (κ2) is 14.7. The molecule has 8 heteroatoms. The fourth-order valence-electron chi connectivity index (χ4n) is 1.91. The number of hydrogen-bond donors (Lipinski definition) is 1. The molecule has 0 aromatic carbocycles. The van der Waals surface area contributed by atoms with Gasteiger partial charge in [0.1, 0.15) is 6.10 Å². The molecule has 0 aliphatic rings. The second-order valence-electron chi connectivity index (χ2n) is 5.46. The third-order valence-corrected chi connectivity index (χ3v) is 3.32. The summed E-state index contributed by atoms with van der Waals surface area (Å²) >= 11 is 2.21. The average Bonchev–Trinajstić information content (AvgIpc) is 2.69. The summed E-state index contributed by atoms with van der Waals surface area (Å²) < 4.78 is 15.4. The standard InChI is InChI=1S/C14H17N3O4.C4H9.Li/c1-19-7-8-20-10-21-12-4-6-16-14(17-12)13(18)11-3-2-5-15-9-11;1-3-4-2;/h2-6,9,13,18H,7-8,10H2,1H3;1,3-4H2,2H3;. The van der Waals surface area contributed by atoms with Crippen molar-refractivity contribution in [3.63, 3.8) is 0 Å². The number of unbranched alkanes of at least 4 members (excludes halogenated alkanes) is 1. The van der Waals surface area contributed by atoms with Crippen molar-refractivity contribution in [3.8, 4) is 5.88 Å². The molecule has 2 aromatic rings. The van der Waals surface area contributed by atoms with Crippen LogP contribution < -0.4 is 4.74 Å². The van der Waals surface area contributed by atoms with Gasteiger partial charge in [-0.3, -0.25) is 4.98 Å². The molecule has 1 N–H and O–H groups in total. The Morgan fingerprint density at radius 1 is 1.23 bits per heavy atom. The van der Waals surface area contributed by atoms with Gasteiger partial charge in [-0.1, -0.05) is 6.07 Å². The minimum absolute atomic E-state index is 0.0583. The van der Waals surface area contributed by atoms with Crippen LogP contribution in [0.2, 0.25) is 5.09 Å². The Morgan fingerprint density at radius 2 is 2.08 bits per heavy atom. The number of aliphatic hydroxyl groups is 1. The zero-order chi connectivity index (χ0) is 19.0. The summed E-state index contributed by atoms with van der Waals surface area (Å²) in [5.41, 5.74) is 0.617. The molecule has 0 aliphatic carbocycles. The fraction of sp³-hybridized carbons (Fsp3) is 0.500. The first kappa shape index (κ1) is 22.5. The van der Waals surface area contributed by atoms with Crippen LogP contribution in [0.4, 0.5) is 0 Å². The van der Waals surface area contributed by atoms with Gasteiger partial charge in [0.15, 0.2) is 12.6 Å². The van der Waals surface area contributed by atoms with Gasteiger partial charge in [-0.2, -0.15) is 4.98 Å². The normalized spacial score (nSPS) is 11.4. The van der Waals surface area contributed by atoms with Gasteiger partial charge >= 0.3 is 42.6 Å². The van der Waals surface area contributed by atoms with Crippen molar-refractivity contribution in [1.82, 2.24) is 15.0 Å². The number of hydrogen-bond acceptors (Lipinski definition) is 7. The Morgan fingerprint density at radius 3 is 2.69 bits per heavy atom. The van der Waals surface area contributed by atoms with E-state index in [1.54, 1.807) is 37.7 Å². The van der Waals surface area contributed by atoms with Gasteiger partial charge in [-0.05, 0) is 6.07 Å². The molecular weight excluding hydrogens is 329 g/mol. The second-order valence-corrected chi connectivity index (χ2v) is 5.46. The molecular formula is C18H26LiN3O4. The van der Waals surface area contributed by atoms with E-state index in [0.29, 0.717) is 24.7 Å². The van der Waals surface area contributed by atoms with Crippen LogP contribution in [0.25, 0.3) is 0 Å². The van der Waals surface area contributed by atoms with E-state index in [2.05, 4.69) is 39.6 Å². The third-order valence-electron chi connectivity index (χ3n) is 3.32. The number of ether oxygens (including phenoxy) is 3. The molecule has 7 nitrogen and oxygen atoms in total. The monoisotopic (exact) mass is 355 g/mol. The maximum absolute atomic E-state index is 10.2. The van der Waals surface area contributed by atoms with Crippen molar-refractivity contribution >= 4 is 17.7 Å². The molecule has 2 aromatic heterocycles. The first-order chi connectivity index (χ1) is 12.7. The quantitative estimate of drug-likeness (QED) is 0.398. The Hall–Kier alpha value is -1.49. The first-order valence-electron chi connectivity index (χ1n) is 8.83. The number of methoxy groups -OCH3 is 1. The van der Waals surface area contributed by atoms with Crippen molar-refractivity contribution in [2.45, 2.75) is 31.0 Å². The van der Waals surface area contributed by atoms with Gasteiger partial charge < -0.3 is 19.3 Å². The number of rotatable bonds is 10. The SMILES string of the molecule is COCCOCOc1ccnc(C(O)c2cccnc2)n1.[Li][CH2]CCC. The van der Waals surface area contributed by atoms with E-state index in [9.17, 15) is 5.11 Å². The number of aromatic nitrogens is 3. The summed E-state index contributed by atoms with van der Waals surface area (Å²) in [6.45, 7) is 3.21. The molecule has 0 spiro atoms. The average molecular weight is 355 g/mol. The van der Waals surface area contributed by atoms with Crippen molar-refractivity contribution in [3.05, 3.63) is 48.2 Å². The molecule has 0 saturated carbocycles. The Kier molecular flexibility index (Phi) is 12.7. The van der Waals surface area contributed by atoms with E-state index in [0.717, 1.165) is 0 Å². The summed E-state index contributed by atoms with van der Waals surface area (Å²) in [7, 11) is 1.60. The number of aliphatic hydroxyl groups excluding tert-OH is 1. The van der Waals surface area contributed by atoms with Crippen LogP contribution >= 0.6 is 0 Å². The fourth-order valence-corrected chi connectivity index (χ4v) is 1.91. The molecule has 0 radical (unpaired) electrons. The van der Waals surface area contributed by atoms with E-state index >= 15 is 0 Å². The molecule has 1 atom stereocenters. The summed E-state index contributed by atoms with van der Waals surface area (Å²) in [5.74, 6) is 0.581. The summed E-state index contributed by atoms with van der Waals surface area (Å²) in [4.78, 5) is 12.1. The zero-order valence-corrected chi connectivity index (χ0v) is 15.8. The van der Waals surface area contributed by atoms with Crippen LogP contribution in [0.15, 0.2) is 36.8 Å². The van der Waals surface area contributed by atoms with Gasteiger partial charge in [0, 0.05) is 37.3 Å². The molecule has 0 amide bonds. The minimum atomic E-state index is -0.948. The number of pyridine rings is 1. The van der Waals surface area contributed by atoms with Gasteiger partial charge in [-0.15, -0.1) is 0 Å². The van der Waals surface area contributed by atoms with E-state index in [4.69, 9.17) is 14.2 Å². The molecule has 2 heterocycles. The molecule has 0 fully saturated rings. The molecule has 1 unspecified atom stereocenters. The van der Waals surface area contributed by atoms with Crippen molar-refractivity contribution < 1.29 is 19.3 Å². The van der Waals surface area contributed by atoms with Gasteiger partial charge in [0.05, 0.1) is 13.2 Å². The zero-order valence-electron chi connectivity index (χ0n) is 15.8. The van der Waals surface area contributed by atoms with E-state index < -0.39 is 6.10 Å². The Labute approximate surface area is 164 Å². The van der Waals surface area contributed by atoms with Gasteiger partial charge in [-0.25, -0.2) is 4.98 Å². The van der Waals surface area contributed by atoms with E-state index in [1.807, 2.05) is 0 Å². The van der Waals surface area contributed by atoms with E-state index in [-0.39, 0.29) is 12.6 Å². The van der Waals surface area contributed by atoms with Crippen LogP contribution in [-0.2, 0) is 9.47 Å². The topological polar surface area (TPSA) is 86.6 Å². The molecule has 0 bridgehead atoms. The summed E-state index contributed by atoms with van der Waals surface area (Å²) in [5, 5.41) is 11.5. The predicted octanol–water partition coefficient (Wildman–Crippen LogP) is 2.33. The van der Waals surface area contributed by atoms with Gasteiger partial charge in [0.25, 0.3) is 0 Å². The van der Waals surface area contributed by atoms with Crippen molar-refractivity contribution in [2.75, 3.05) is 27.1 Å². The molecule has 0 aliphatic heterocycles. The number of nitrogens with zero attached hydrogens (tertiary/aromatic N) is 3. The van der Waals surface area contributed by atoms with Crippen LogP contribution in [0.1, 0.15) is 37.3 Å². The molecule has 2 rings (SSSR count). The van der Waals surface area contributed by atoms with Crippen molar-refractivity contribution in [1.29, 1.82) is 0 Å². The predicted molar refractivity (Wildman–Crippen MR) is 99.1 cm³/mol. The first-order valence-corrected chi connectivity index (χ1v) is 8.83. The summed E-state index contributed by atoms with van der Waals surface area (Å²) in [6, 6.07) is 5.09. The van der Waals surface area contributed by atoms with Crippen LogP contribution in [0, 0.1) is 0 Å². The third kappa shape index (κ3) is 9.27. The Bertz CT molecular complexity index is 588. The van der Waals surface area contributed by atoms with Crippen LogP contribution in [0.3, 0.4) is 0 Å². The Balaban J connectivity index is 0.000000597. The molecule has 138 valence electrons.